The SMILES string of the molecule is CCC(CSC)NC(=O)c1cc(N)ccc1[N+](=O)[O-]. The van der Waals surface area contributed by atoms with E-state index in [2.05, 4.69) is 5.32 Å². The van der Waals surface area contributed by atoms with E-state index in [1.165, 1.54) is 18.2 Å². The van der Waals surface area contributed by atoms with Crippen molar-refractivity contribution in [1.29, 1.82) is 0 Å². The minimum Gasteiger partial charge on any atom is -0.399 e. The van der Waals surface area contributed by atoms with E-state index in [0.717, 1.165) is 12.2 Å². The molecule has 0 aromatic heterocycles. The van der Waals surface area contributed by atoms with Gasteiger partial charge in [-0.05, 0) is 24.8 Å². The molecule has 0 fully saturated rings. The summed E-state index contributed by atoms with van der Waals surface area (Å²) >= 11 is 1.61. The first kappa shape index (κ1) is 15.3. The number of carbonyl (C=O) groups is 1. The Bertz CT molecular complexity index is 479. The maximum Gasteiger partial charge on any atom is 0.282 e. The molecular weight excluding hydrogens is 266 g/mol. The van der Waals surface area contributed by atoms with Crippen LogP contribution in [0.2, 0.25) is 0 Å². The van der Waals surface area contributed by atoms with Crippen LogP contribution in [0.5, 0.6) is 0 Å². The molecule has 0 aliphatic heterocycles. The van der Waals surface area contributed by atoms with Crippen molar-refractivity contribution in [3.8, 4) is 0 Å². The Morgan fingerprint density at radius 2 is 2.26 bits per heavy atom. The molecule has 7 heteroatoms. The monoisotopic (exact) mass is 283 g/mol. The van der Waals surface area contributed by atoms with Crippen LogP contribution in [0.4, 0.5) is 11.4 Å². The van der Waals surface area contributed by atoms with Gasteiger partial charge in [0.05, 0.1) is 4.92 Å². The molecule has 1 aromatic rings. The van der Waals surface area contributed by atoms with Crippen molar-refractivity contribution in [2.45, 2.75) is 19.4 Å². The van der Waals surface area contributed by atoms with Crippen LogP contribution in [0, 0.1) is 10.1 Å². The number of anilines is 1. The van der Waals surface area contributed by atoms with Gasteiger partial charge in [0.15, 0.2) is 0 Å². The van der Waals surface area contributed by atoms with E-state index in [1.807, 2.05) is 13.2 Å². The maximum atomic E-state index is 12.1. The van der Waals surface area contributed by atoms with E-state index < -0.39 is 10.8 Å². The van der Waals surface area contributed by atoms with Crippen molar-refractivity contribution >= 4 is 29.0 Å². The van der Waals surface area contributed by atoms with Crippen molar-refractivity contribution in [2.24, 2.45) is 0 Å². The smallest absolute Gasteiger partial charge is 0.282 e. The van der Waals surface area contributed by atoms with Gasteiger partial charge < -0.3 is 11.1 Å². The summed E-state index contributed by atoms with van der Waals surface area (Å²) in [5.41, 5.74) is 5.68. The fraction of sp³-hybridized carbons (Fsp3) is 0.417. The van der Waals surface area contributed by atoms with Crippen LogP contribution in [0.25, 0.3) is 0 Å². The Morgan fingerprint density at radius 1 is 1.58 bits per heavy atom. The van der Waals surface area contributed by atoms with Crippen LogP contribution < -0.4 is 11.1 Å². The van der Waals surface area contributed by atoms with Gasteiger partial charge in [-0.2, -0.15) is 11.8 Å². The summed E-state index contributed by atoms with van der Waals surface area (Å²) in [5, 5.41) is 13.7. The molecule has 1 unspecified atom stereocenters. The number of nitrogen functional groups attached to an aromatic ring is 1. The maximum absolute atomic E-state index is 12.1. The first-order valence-corrected chi connectivity index (χ1v) is 7.22. The Labute approximate surface area is 115 Å². The Kier molecular flexibility index (Phi) is 5.62. The van der Waals surface area contributed by atoms with Crippen LogP contribution in [-0.4, -0.2) is 28.9 Å². The second kappa shape index (κ2) is 6.98. The summed E-state index contributed by atoms with van der Waals surface area (Å²) in [6, 6.07) is 3.98. The number of benzene rings is 1. The van der Waals surface area contributed by atoms with Gasteiger partial charge in [-0.3, -0.25) is 14.9 Å². The number of nitrogens with one attached hydrogen (secondary N) is 1. The Balaban J connectivity index is 2.98. The topological polar surface area (TPSA) is 98.3 Å². The highest BCUT2D eigenvalue weighted by atomic mass is 32.2. The van der Waals surface area contributed by atoms with Crippen molar-refractivity contribution in [2.75, 3.05) is 17.7 Å². The van der Waals surface area contributed by atoms with E-state index in [9.17, 15) is 14.9 Å². The lowest BCUT2D eigenvalue weighted by Crippen LogP contribution is -2.36. The third-order valence-electron chi connectivity index (χ3n) is 2.66. The number of hydrogen-bond donors (Lipinski definition) is 2. The molecule has 0 heterocycles. The number of nitro benzene ring substituents is 1. The fourth-order valence-electron chi connectivity index (χ4n) is 1.62. The lowest BCUT2D eigenvalue weighted by Gasteiger charge is -2.15. The summed E-state index contributed by atoms with van der Waals surface area (Å²) < 4.78 is 0. The van der Waals surface area contributed by atoms with Crippen molar-refractivity contribution in [1.82, 2.24) is 5.32 Å². The molecule has 1 aromatic carbocycles. The molecule has 0 saturated heterocycles. The van der Waals surface area contributed by atoms with E-state index in [-0.39, 0.29) is 17.3 Å². The van der Waals surface area contributed by atoms with Crippen molar-refractivity contribution in [3.05, 3.63) is 33.9 Å². The molecule has 1 rings (SSSR count). The van der Waals surface area contributed by atoms with E-state index >= 15 is 0 Å². The van der Waals surface area contributed by atoms with Crippen LogP contribution in [0.15, 0.2) is 18.2 Å². The molecule has 1 amide bonds. The number of thioether (sulfide) groups is 1. The highest BCUT2D eigenvalue weighted by Crippen LogP contribution is 2.21. The zero-order valence-corrected chi connectivity index (χ0v) is 11.7. The molecule has 0 spiro atoms. The number of hydrogen-bond acceptors (Lipinski definition) is 5. The number of rotatable bonds is 6. The van der Waals surface area contributed by atoms with Gasteiger partial charge in [0.2, 0.25) is 0 Å². The van der Waals surface area contributed by atoms with E-state index in [0.29, 0.717) is 5.69 Å². The highest BCUT2D eigenvalue weighted by Gasteiger charge is 2.21. The zero-order valence-electron chi connectivity index (χ0n) is 10.9. The van der Waals surface area contributed by atoms with Crippen LogP contribution >= 0.6 is 11.8 Å². The van der Waals surface area contributed by atoms with Gasteiger partial charge in [0.1, 0.15) is 5.56 Å². The largest absolute Gasteiger partial charge is 0.399 e. The zero-order chi connectivity index (χ0) is 14.4. The fourth-order valence-corrected chi connectivity index (χ4v) is 2.34. The Hall–Kier alpha value is -1.76. The van der Waals surface area contributed by atoms with Crippen molar-refractivity contribution in [3.63, 3.8) is 0 Å². The first-order valence-electron chi connectivity index (χ1n) is 5.83. The van der Waals surface area contributed by atoms with Gasteiger partial charge in [-0.1, -0.05) is 6.92 Å². The quantitative estimate of drug-likeness (QED) is 0.473. The molecule has 19 heavy (non-hydrogen) atoms. The molecule has 0 saturated carbocycles. The van der Waals surface area contributed by atoms with Gasteiger partial charge in [-0.15, -0.1) is 0 Å². The predicted molar refractivity (Wildman–Crippen MR) is 77.4 cm³/mol. The standard InChI is InChI=1S/C12H17N3O3S/c1-3-9(7-19-2)14-12(16)10-6-8(13)4-5-11(10)15(17)18/h4-6,9H,3,7,13H2,1-2H3,(H,14,16). The predicted octanol–water partition coefficient (Wildman–Crippen LogP) is 2.05. The van der Waals surface area contributed by atoms with Gasteiger partial charge >= 0.3 is 0 Å². The number of amides is 1. The van der Waals surface area contributed by atoms with Crippen LogP contribution in [0.1, 0.15) is 23.7 Å². The molecule has 0 aliphatic rings. The number of nitrogens with zero attached hydrogens (tertiary/aromatic N) is 1. The van der Waals surface area contributed by atoms with Crippen LogP contribution in [-0.2, 0) is 0 Å². The highest BCUT2D eigenvalue weighted by molar-refractivity contribution is 7.98. The first-order chi connectivity index (χ1) is 8.99. The van der Waals surface area contributed by atoms with E-state index in [1.54, 1.807) is 11.8 Å². The molecule has 1 atom stereocenters. The molecule has 3 N–H and O–H groups in total. The molecule has 0 radical (unpaired) electrons. The summed E-state index contributed by atoms with van der Waals surface area (Å²) in [7, 11) is 0. The summed E-state index contributed by atoms with van der Waals surface area (Å²) in [5.74, 6) is 0.304. The summed E-state index contributed by atoms with van der Waals surface area (Å²) in [6.07, 6.45) is 2.71. The average Bonchev–Trinajstić information content (AvgIpc) is 2.37. The normalized spacial score (nSPS) is 11.9. The number of carbonyl (C=O) groups excluding carboxylic acids is 1. The minimum atomic E-state index is -0.579. The summed E-state index contributed by atoms with van der Waals surface area (Å²) in [6.45, 7) is 1.95. The lowest BCUT2D eigenvalue weighted by molar-refractivity contribution is -0.385. The number of nitro groups is 1. The summed E-state index contributed by atoms with van der Waals surface area (Å²) in [4.78, 5) is 22.4. The van der Waals surface area contributed by atoms with Crippen molar-refractivity contribution < 1.29 is 9.72 Å². The van der Waals surface area contributed by atoms with E-state index in [4.69, 9.17) is 5.73 Å². The molecule has 6 nitrogen and oxygen atoms in total. The van der Waals surface area contributed by atoms with Gasteiger partial charge in [0, 0.05) is 23.5 Å². The molecule has 0 aliphatic carbocycles. The third kappa shape index (κ3) is 4.13. The second-order valence-corrected chi connectivity index (χ2v) is 4.98. The average molecular weight is 283 g/mol. The van der Waals surface area contributed by atoms with Crippen LogP contribution in [0.3, 0.4) is 0 Å². The molecule has 104 valence electrons. The Morgan fingerprint density at radius 3 is 2.79 bits per heavy atom. The third-order valence-corrected chi connectivity index (χ3v) is 3.39. The minimum absolute atomic E-state index is 0.00422. The van der Waals surface area contributed by atoms with Gasteiger partial charge in [0.25, 0.3) is 11.6 Å². The molecular formula is C12H17N3O3S. The lowest BCUT2D eigenvalue weighted by atomic mass is 10.1. The second-order valence-electron chi connectivity index (χ2n) is 4.07. The molecule has 0 bridgehead atoms. The van der Waals surface area contributed by atoms with Gasteiger partial charge in [-0.25, -0.2) is 0 Å². The number of nitrogens with two attached hydrogens (primary N) is 1.